The SMILES string of the molecule is CCCn1c(CO)nnc1-c1ccc(F)cc1C. The molecule has 0 aliphatic carbocycles. The number of aliphatic hydroxyl groups excluding tert-OH is 1. The van der Waals surface area contributed by atoms with Crippen LogP contribution in [0.2, 0.25) is 0 Å². The lowest BCUT2D eigenvalue weighted by atomic mass is 10.1. The van der Waals surface area contributed by atoms with E-state index in [4.69, 9.17) is 0 Å². The van der Waals surface area contributed by atoms with E-state index in [-0.39, 0.29) is 12.4 Å². The number of hydrogen-bond acceptors (Lipinski definition) is 3. The summed E-state index contributed by atoms with van der Waals surface area (Å²) < 4.78 is 15.0. The zero-order valence-electron chi connectivity index (χ0n) is 10.5. The molecule has 0 bridgehead atoms. The van der Waals surface area contributed by atoms with E-state index in [0.29, 0.717) is 11.6 Å². The van der Waals surface area contributed by atoms with Crippen molar-refractivity contribution in [2.24, 2.45) is 0 Å². The normalized spacial score (nSPS) is 10.9. The van der Waals surface area contributed by atoms with Crippen LogP contribution in [0, 0.1) is 12.7 Å². The minimum atomic E-state index is -0.264. The molecule has 0 amide bonds. The predicted molar refractivity (Wildman–Crippen MR) is 66.4 cm³/mol. The summed E-state index contributed by atoms with van der Waals surface area (Å²) in [6, 6.07) is 4.58. The predicted octanol–water partition coefficient (Wildman–Crippen LogP) is 2.29. The molecule has 0 saturated carbocycles. The van der Waals surface area contributed by atoms with Gasteiger partial charge in [0.1, 0.15) is 12.4 Å². The van der Waals surface area contributed by atoms with Crippen molar-refractivity contribution >= 4 is 0 Å². The molecule has 2 rings (SSSR count). The number of rotatable bonds is 4. The van der Waals surface area contributed by atoms with Gasteiger partial charge in [0.15, 0.2) is 11.6 Å². The highest BCUT2D eigenvalue weighted by Crippen LogP contribution is 2.23. The zero-order chi connectivity index (χ0) is 13.1. The first-order valence-corrected chi connectivity index (χ1v) is 5.96. The van der Waals surface area contributed by atoms with Gasteiger partial charge in [-0.15, -0.1) is 10.2 Å². The van der Waals surface area contributed by atoms with Crippen molar-refractivity contribution < 1.29 is 9.50 Å². The van der Waals surface area contributed by atoms with Crippen molar-refractivity contribution in [3.63, 3.8) is 0 Å². The highest BCUT2D eigenvalue weighted by atomic mass is 19.1. The molecule has 0 spiro atoms. The summed E-state index contributed by atoms with van der Waals surface area (Å²) in [6.07, 6.45) is 0.915. The number of aliphatic hydroxyl groups is 1. The second-order valence-corrected chi connectivity index (χ2v) is 4.21. The zero-order valence-corrected chi connectivity index (χ0v) is 10.5. The van der Waals surface area contributed by atoms with Crippen LogP contribution >= 0.6 is 0 Å². The van der Waals surface area contributed by atoms with E-state index < -0.39 is 0 Å². The van der Waals surface area contributed by atoms with Gasteiger partial charge >= 0.3 is 0 Å². The van der Waals surface area contributed by atoms with Gasteiger partial charge in [-0.25, -0.2) is 4.39 Å². The molecule has 0 aliphatic heterocycles. The third-order valence-electron chi connectivity index (χ3n) is 2.85. The number of nitrogens with zero attached hydrogens (tertiary/aromatic N) is 3. The standard InChI is InChI=1S/C13H16FN3O/c1-3-6-17-12(8-18)15-16-13(17)11-5-4-10(14)7-9(11)2/h4-5,7,18H,3,6,8H2,1-2H3. The van der Waals surface area contributed by atoms with Crippen molar-refractivity contribution in [3.05, 3.63) is 35.4 Å². The molecule has 0 aliphatic rings. The molecule has 5 heteroatoms. The Morgan fingerprint density at radius 3 is 2.72 bits per heavy atom. The second kappa shape index (κ2) is 5.27. The van der Waals surface area contributed by atoms with Gasteiger partial charge < -0.3 is 9.67 Å². The average molecular weight is 249 g/mol. The molecule has 1 N–H and O–H groups in total. The van der Waals surface area contributed by atoms with E-state index in [9.17, 15) is 9.50 Å². The summed E-state index contributed by atoms with van der Waals surface area (Å²) in [5, 5.41) is 17.3. The molecule has 18 heavy (non-hydrogen) atoms. The molecule has 0 saturated heterocycles. The minimum absolute atomic E-state index is 0.146. The Hall–Kier alpha value is -1.75. The molecule has 0 fully saturated rings. The maximum absolute atomic E-state index is 13.1. The van der Waals surface area contributed by atoms with Crippen LogP contribution < -0.4 is 0 Å². The van der Waals surface area contributed by atoms with Gasteiger partial charge in [-0.05, 0) is 37.1 Å². The molecule has 4 nitrogen and oxygen atoms in total. The van der Waals surface area contributed by atoms with E-state index in [0.717, 1.165) is 24.1 Å². The fourth-order valence-corrected chi connectivity index (χ4v) is 1.99. The summed E-state index contributed by atoms with van der Waals surface area (Å²) in [6.45, 7) is 4.47. The minimum Gasteiger partial charge on any atom is -0.388 e. The maximum atomic E-state index is 13.1. The van der Waals surface area contributed by atoms with Crippen LogP contribution in [-0.2, 0) is 13.2 Å². The van der Waals surface area contributed by atoms with Gasteiger partial charge in [-0.2, -0.15) is 0 Å². The highest BCUT2D eigenvalue weighted by molar-refractivity contribution is 5.60. The molecule has 96 valence electrons. The third kappa shape index (κ3) is 2.26. The van der Waals surface area contributed by atoms with Crippen molar-refractivity contribution in [1.29, 1.82) is 0 Å². The number of halogens is 1. The van der Waals surface area contributed by atoms with Gasteiger partial charge in [0.05, 0.1) is 0 Å². The first kappa shape index (κ1) is 12.7. The van der Waals surface area contributed by atoms with E-state index in [1.165, 1.54) is 12.1 Å². The quantitative estimate of drug-likeness (QED) is 0.904. The van der Waals surface area contributed by atoms with Crippen LogP contribution in [0.1, 0.15) is 24.7 Å². The summed E-state index contributed by atoms with van der Waals surface area (Å²) >= 11 is 0. The van der Waals surface area contributed by atoms with Gasteiger partial charge in [0, 0.05) is 12.1 Å². The first-order valence-electron chi connectivity index (χ1n) is 5.96. The third-order valence-corrected chi connectivity index (χ3v) is 2.85. The first-order chi connectivity index (χ1) is 8.67. The molecular formula is C13H16FN3O. The van der Waals surface area contributed by atoms with Crippen molar-refractivity contribution in [3.8, 4) is 11.4 Å². The van der Waals surface area contributed by atoms with Crippen molar-refractivity contribution in [2.45, 2.75) is 33.4 Å². The van der Waals surface area contributed by atoms with E-state index >= 15 is 0 Å². The monoisotopic (exact) mass is 249 g/mol. The Balaban J connectivity index is 2.52. The van der Waals surface area contributed by atoms with Crippen LogP contribution in [0.5, 0.6) is 0 Å². The lowest BCUT2D eigenvalue weighted by Gasteiger charge is -2.09. The van der Waals surface area contributed by atoms with Crippen molar-refractivity contribution in [1.82, 2.24) is 14.8 Å². The summed E-state index contributed by atoms with van der Waals surface area (Å²) in [5.41, 5.74) is 1.65. The number of aromatic nitrogens is 3. The molecule has 1 aromatic carbocycles. The fraction of sp³-hybridized carbons (Fsp3) is 0.385. The molecule has 1 aromatic heterocycles. The smallest absolute Gasteiger partial charge is 0.164 e. The largest absolute Gasteiger partial charge is 0.388 e. The van der Waals surface area contributed by atoms with E-state index in [1.807, 2.05) is 18.4 Å². The van der Waals surface area contributed by atoms with Crippen LogP contribution in [0.15, 0.2) is 18.2 Å². The number of benzene rings is 1. The number of aryl methyl sites for hydroxylation is 1. The van der Waals surface area contributed by atoms with Gasteiger partial charge in [0.25, 0.3) is 0 Å². The fourth-order valence-electron chi connectivity index (χ4n) is 1.99. The van der Waals surface area contributed by atoms with Crippen LogP contribution in [0.25, 0.3) is 11.4 Å². The summed E-state index contributed by atoms with van der Waals surface area (Å²) in [7, 11) is 0. The molecule has 1 heterocycles. The van der Waals surface area contributed by atoms with Gasteiger partial charge in [-0.1, -0.05) is 6.92 Å². The van der Waals surface area contributed by atoms with Gasteiger partial charge in [-0.3, -0.25) is 0 Å². The summed E-state index contributed by atoms with van der Waals surface area (Å²) in [5.74, 6) is 0.953. The van der Waals surface area contributed by atoms with Crippen LogP contribution in [0.3, 0.4) is 0 Å². The van der Waals surface area contributed by atoms with Crippen molar-refractivity contribution in [2.75, 3.05) is 0 Å². The Morgan fingerprint density at radius 1 is 1.33 bits per heavy atom. The molecule has 0 radical (unpaired) electrons. The van der Waals surface area contributed by atoms with Gasteiger partial charge in [0.2, 0.25) is 0 Å². The Labute approximate surface area is 105 Å². The van der Waals surface area contributed by atoms with Crippen LogP contribution in [-0.4, -0.2) is 19.9 Å². The Kier molecular flexibility index (Phi) is 3.72. The molecule has 2 aromatic rings. The summed E-state index contributed by atoms with van der Waals surface area (Å²) in [4.78, 5) is 0. The molecule has 0 unspecified atom stereocenters. The molecular weight excluding hydrogens is 233 g/mol. The second-order valence-electron chi connectivity index (χ2n) is 4.21. The van der Waals surface area contributed by atoms with Crippen LogP contribution in [0.4, 0.5) is 4.39 Å². The lowest BCUT2D eigenvalue weighted by Crippen LogP contribution is -2.05. The van der Waals surface area contributed by atoms with E-state index in [1.54, 1.807) is 6.07 Å². The topological polar surface area (TPSA) is 50.9 Å². The maximum Gasteiger partial charge on any atom is 0.164 e. The number of hydrogen-bond donors (Lipinski definition) is 1. The molecule has 0 atom stereocenters. The van der Waals surface area contributed by atoms with E-state index in [2.05, 4.69) is 10.2 Å². The average Bonchev–Trinajstić information content (AvgIpc) is 2.73. The Bertz CT molecular complexity index is 551. The lowest BCUT2D eigenvalue weighted by molar-refractivity contribution is 0.264. The highest BCUT2D eigenvalue weighted by Gasteiger charge is 2.14. The Morgan fingerprint density at radius 2 is 2.11 bits per heavy atom.